The third-order valence-corrected chi connectivity index (χ3v) is 4.38. The van der Waals surface area contributed by atoms with Crippen molar-refractivity contribution in [2.75, 3.05) is 0 Å². The molecule has 108 valence electrons. The zero-order chi connectivity index (χ0) is 14.8. The molecular formula is C17H13N3OS. The van der Waals surface area contributed by atoms with E-state index in [4.69, 9.17) is 4.74 Å². The number of para-hydroxylation sites is 1. The van der Waals surface area contributed by atoms with Crippen molar-refractivity contribution in [1.82, 2.24) is 15.2 Å². The molecule has 0 aliphatic carbocycles. The summed E-state index contributed by atoms with van der Waals surface area (Å²) in [6.07, 6.45) is 1.74. The highest BCUT2D eigenvalue weighted by Crippen LogP contribution is 2.24. The fourth-order valence-electron chi connectivity index (χ4n) is 2.27. The van der Waals surface area contributed by atoms with E-state index in [0.717, 1.165) is 27.5 Å². The lowest BCUT2D eigenvalue weighted by atomic mass is 10.1. The number of hydrogen-bond donors (Lipinski definition) is 1. The van der Waals surface area contributed by atoms with E-state index in [1.165, 1.54) is 4.70 Å². The van der Waals surface area contributed by atoms with Crippen molar-refractivity contribution < 1.29 is 4.74 Å². The molecule has 0 aliphatic rings. The minimum absolute atomic E-state index is 0.489. The molecule has 4 aromatic rings. The van der Waals surface area contributed by atoms with Gasteiger partial charge in [-0.1, -0.05) is 12.1 Å². The second-order valence-electron chi connectivity index (χ2n) is 4.86. The van der Waals surface area contributed by atoms with Crippen LogP contribution in [-0.2, 0) is 6.61 Å². The van der Waals surface area contributed by atoms with Gasteiger partial charge in [0.2, 0.25) is 0 Å². The van der Waals surface area contributed by atoms with Crippen LogP contribution < -0.4 is 4.74 Å². The van der Waals surface area contributed by atoms with Crippen LogP contribution in [0.25, 0.3) is 21.5 Å². The molecular weight excluding hydrogens is 294 g/mol. The Bertz CT molecular complexity index is 849. The maximum atomic E-state index is 5.82. The molecule has 0 saturated carbocycles. The smallest absolute Gasteiger partial charge is 0.140 e. The Labute approximate surface area is 131 Å². The minimum atomic E-state index is 0.489. The molecule has 4 nitrogen and oxygen atoms in total. The Hall–Kier alpha value is -2.66. The van der Waals surface area contributed by atoms with Gasteiger partial charge in [-0.3, -0.25) is 5.10 Å². The van der Waals surface area contributed by atoms with Gasteiger partial charge in [-0.2, -0.15) is 5.10 Å². The fraction of sp³-hybridized carbons (Fsp3) is 0.0588. The standard InChI is InChI=1S/C17H13N3OS/c1-2-4-16-15(3-1)19-17(22-16)11-21-13-7-5-12(6-8-13)14-9-10-18-20-14/h1-10H,11H2,(H,18,20). The maximum Gasteiger partial charge on any atom is 0.140 e. The molecule has 0 amide bonds. The zero-order valence-electron chi connectivity index (χ0n) is 11.7. The first-order valence-corrected chi connectivity index (χ1v) is 7.77. The van der Waals surface area contributed by atoms with Crippen molar-refractivity contribution in [2.45, 2.75) is 6.61 Å². The molecule has 22 heavy (non-hydrogen) atoms. The van der Waals surface area contributed by atoms with Crippen LogP contribution >= 0.6 is 11.3 Å². The van der Waals surface area contributed by atoms with Crippen molar-refractivity contribution in [1.29, 1.82) is 0 Å². The summed E-state index contributed by atoms with van der Waals surface area (Å²) in [6, 6.07) is 18.0. The zero-order valence-corrected chi connectivity index (χ0v) is 12.5. The van der Waals surface area contributed by atoms with Crippen molar-refractivity contribution >= 4 is 21.6 Å². The van der Waals surface area contributed by atoms with Gasteiger partial charge >= 0.3 is 0 Å². The van der Waals surface area contributed by atoms with E-state index >= 15 is 0 Å². The second-order valence-corrected chi connectivity index (χ2v) is 5.97. The predicted octanol–water partition coefficient (Wildman–Crippen LogP) is 4.27. The Morgan fingerprint density at radius 3 is 2.64 bits per heavy atom. The quantitative estimate of drug-likeness (QED) is 0.612. The van der Waals surface area contributed by atoms with E-state index < -0.39 is 0 Å². The molecule has 2 aromatic carbocycles. The number of fused-ring (bicyclic) bond motifs is 1. The number of nitrogens with zero attached hydrogens (tertiary/aromatic N) is 2. The minimum Gasteiger partial charge on any atom is -0.486 e. The molecule has 0 atom stereocenters. The van der Waals surface area contributed by atoms with Crippen molar-refractivity contribution in [3.05, 3.63) is 65.8 Å². The van der Waals surface area contributed by atoms with Crippen LogP contribution in [0.5, 0.6) is 5.75 Å². The fourth-order valence-corrected chi connectivity index (χ4v) is 3.15. The van der Waals surface area contributed by atoms with Crippen molar-refractivity contribution in [2.24, 2.45) is 0 Å². The first kappa shape index (κ1) is 13.0. The first-order chi connectivity index (χ1) is 10.9. The average Bonchev–Trinajstić information content (AvgIpc) is 3.22. The molecule has 0 bridgehead atoms. The SMILES string of the molecule is c1ccc2sc(COc3ccc(-c4ccn[nH]4)cc3)nc2c1. The summed E-state index contributed by atoms with van der Waals surface area (Å²) < 4.78 is 7.01. The largest absolute Gasteiger partial charge is 0.486 e. The number of ether oxygens (including phenoxy) is 1. The van der Waals surface area contributed by atoms with E-state index in [9.17, 15) is 0 Å². The van der Waals surface area contributed by atoms with Crippen LogP contribution in [0.2, 0.25) is 0 Å². The topological polar surface area (TPSA) is 50.8 Å². The average molecular weight is 307 g/mol. The lowest BCUT2D eigenvalue weighted by molar-refractivity contribution is 0.306. The lowest BCUT2D eigenvalue weighted by Crippen LogP contribution is -1.94. The van der Waals surface area contributed by atoms with Gasteiger partial charge in [0.15, 0.2) is 0 Å². The Morgan fingerprint density at radius 1 is 1.00 bits per heavy atom. The molecule has 0 aliphatic heterocycles. The highest BCUT2D eigenvalue weighted by molar-refractivity contribution is 7.18. The van der Waals surface area contributed by atoms with E-state index in [-0.39, 0.29) is 0 Å². The van der Waals surface area contributed by atoms with Crippen LogP contribution in [0.4, 0.5) is 0 Å². The number of H-pyrrole nitrogens is 1. The highest BCUT2D eigenvalue weighted by Gasteiger charge is 2.04. The molecule has 0 spiro atoms. The van der Waals surface area contributed by atoms with Gasteiger partial charge in [0, 0.05) is 6.20 Å². The molecule has 2 heterocycles. The van der Waals surface area contributed by atoms with E-state index in [1.54, 1.807) is 17.5 Å². The Balaban J connectivity index is 1.47. The second kappa shape index (κ2) is 5.61. The number of rotatable bonds is 4. The van der Waals surface area contributed by atoms with Gasteiger partial charge in [0.25, 0.3) is 0 Å². The van der Waals surface area contributed by atoms with Gasteiger partial charge in [0.1, 0.15) is 17.4 Å². The number of benzene rings is 2. The third kappa shape index (κ3) is 2.58. The summed E-state index contributed by atoms with van der Waals surface area (Å²) >= 11 is 1.67. The molecule has 2 aromatic heterocycles. The lowest BCUT2D eigenvalue weighted by Gasteiger charge is -2.04. The normalized spacial score (nSPS) is 10.9. The first-order valence-electron chi connectivity index (χ1n) is 6.95. The number of aromatic amines is 1. The number of thiazole rings is 1. The maximum absolute atomic E-state index is 5.82. The summed E-state index contributed by atoms with van der Waals surface area (Å²) in [4.78, 5) is 4.57. The molecule has 5 heteroatoms. The summed E-state index contributed by atoms with van der Waals surface area (Å²) in [5.74, 6) is 0.836. The van der Waals surface area contributed by atoms with Crippen LogP contribution in [0, 0.1) is 0 Å². The van der Waals surface area contributed by atoms with E-state index in [0.29, 0.717) is 6.61 Å². The molecule has 0 fully saturated rings. The summed E-state index contributed by atoms with van der Waals surface area (Å²) in [5.41, 5.74) is 3.11. The molecule has 1 N–H and O–H groups in total. The molecule has 0 saturated heterocycles. The number of aromatic nitrogens is 3. The summed E-state index contributed by atoms with van der Waals surface area (Å²) in [7, 11) is 0. The van der Waals surface area contributed by atoms with Crippen LogP contribution in [0.15, 0.2) is 60.8 Å². The summed E-state index contributed by atoms with van der Waals surface area (Å²) in [6.45, 7) is 0.489. The van der Waals surface area contributed by atoms with Gasteiger partial charge in [0.05, 0.1) is 15.9 Å². The van der Waals surface area contributed by atoms with Gasteiger partial charge in [-0.05, 0) is 48.0 Å². The van der Waals surface area contributed by atoms with Gasteiger partial charge < -0.3 is 4.74 Å². The molecule has 0 radical (unpaired) electrons. The van der Waals surface area contributed by atoms with E-state index in [2.05, 4.69) is 21.2 Å². The van der Waals surface area contributed by atoms with Crippen LogP contribution in [0.1, 0.15) is 5.01 Å². The van der Waals surface area contributed by atoms with Crippen molar-refractivity contribution in [3.8, 4) is 17.0 Å². The number of hydrogen-bond acceptors (Lipinski definition) is 4. The van der Waals surface area contributed by atoms with Crippen LogP contribution in [0.3, 0.4) is 0 Å². The third-order valence-electron chi connectivity index (χ3n) is 3.37. The van der Waals surface area contributed by atoms with Gasteiger partial charge in [-0.25, -0.2) is 4.98 Å². The summed E-state index contributed by atoms with van der Waals surface area (Å²) in [5, 5.41) is 7.89. The van der Waals surface area contributed by atoms with Gasteiger partial charge in [-0.15, -0.1) is 11.3 Å². The Morgan fingerprint density at radius 2 is 1.86 bits per heavy atom. The Kier molecular flexibility index (Phi) is 3.33. The highest BCUT2D eigenvalue weighted by atomic mass is 32.1. The van der Waals surface area contributed by atoms with Crippen LogP contribution in [-0.4, -0.2) is 15.2 Å². The van der Waals surface area contributed by atoms with E-state index in [1.807, 2.05) is 48.5 Å². The predicted molar refractivity (Wildman–Crippen MR) is 88.0 cm³/mol. The molecule has 4 rings (SSSR count). The van der Waals surface area contributed by atoms with Crippen molar-refractivity contribution in [3.63, 3.8) is 0 Å². The monoisotopic (exact) mass is 307 g/mol. The molecule has 0 unspecified atom stereocenters. The number of nitrogens with one attached hydrogen (secondary N) is 1.